The van der Waals surface area contributed by atoms with Gasteiger partial charge in [0.2, 0.25) is 0 Å². The van der Waals surface area contributed by atoms with Crippen LogP contribution in [0.25, 0.3) is 0 Å². The standard InChI is InChI=1S/C20H38N6O.HI/c1-6-17(7-2)19-12-18(27-24-19)14-23-20(21-4)22-13-16(3)15-26-10-8-25(5)9-11-26;/h12,16-17H,6-11,13-15H2,1-5H3,(H2,21,22,23);1H. The van der Waals surface area contributed by atoms with E-state index < -0.39 is 0 Å². The van der Waals surface area contributed by atoms with Crippen molar-refractivity contribution >= 4 is 29.9 Å². The van der Waals surface area contributed by atoms with E-state index in [1.807, 2.05) is 0 Å². The number of rotatable bonds is 9. The minimum atomic E-state index is 0. The fourth-order valence-electron chi connectivity index (χ4n) is 3.51. The summed E-state index contributed by atoms with van der Waals surface area (Å²) in [5.74, 6) is 2.71. The zero-order valence-electron chi connectivity index (χ0n) is 18.2. The maximum absolute atomic E-state index is 5.47. The van der Waals surface area contributed by atoms with Gasteiger partial charge in [-0.3, -0.25) is 4.99 Å². The second-order valence-corrected chi connectivity index (χ2v) is 7.75. The molecule has 7 nitrogen and oxygen atoms in total. The molecule has 1 fully saturated rings. The highest BCUT2D eigenvalue weighted by atomic mass is 127. The largest absolute Gasteiger partial charge is 0.359 e. The van der Waals surface area contributed by atoms with Gasteiger partial charge in [0, 0.05) is 58.3 Å². The third-order valence-electron chi connectivity index (χ3n) is 5.42. The molecule has 1 saturated heterocycles. The predicted molar refractivity (Wildman–Crippen MR) is 127 cm³/mol. The number of nitrogens with zero attached hydrogens (tertiary/aromatic N) is 4. The summed E-state index contributed by atoms with van der Waals surface area (Å²) in [5.41, 5.74) is 1.06. The molecule has 1 atom stereocenters. The molecule has 0 aliphatic carbocycles. The molecule has 0 spiro atoms. The van der Waals surface area contributed by atoms with E-state index >= 15 is 0 Å². The van der Waals surface area contributed by atoms with E-state index in [2.05, 4.69) is 64.5 Å². The van der Waals surface area contributed by atoms with Crippen LogP contribution in [0.15, 0.2) is 15.6 Å². The van der Waals surface area contributed by atoms with Gasteiger partial charge in [-0.1, -0.05) is 25.9 Å². The van der Waals surface area contributed by atoms with Crippen LogP contribution in [0.1, 0.15) is 51.0 Å². The van der Waals surface area contributed by atoms with Crippen molar-refractivity contribution in [2.45, 2.75) is 46.1 Å². The molecule has 2 N–H and O–H groups in total. The zero-order valence-corrected chi connectivity index (χ0v) is 20.5. The van der Waals surface area contributed by atoms with Crippen LogP contribution in [-0.4, -0.2) is 74.3 Å². The Morgan fingerprint density at radius 3 is 2.50 bits per heavy atom. The Hall–Kier alpha value is -0.870. The molecule has 0 amide bonds. The first-order chi connectivity index (χ1) is 13.0. The number of piperazine rings is 1. The highest BCUT2D eigenvalue weighted by molar-refractivity contribution is 14.0. The summed E-state index contributed by atoms with van der Waals surface area (Å²) in [4.78, 5) is 9.26. The second kappa shape index (κ2) is 13.4. The summed E-state index contributed by atoms with van der Waals surface area (Å²) in [7, 11) is 4.00. The predicted octanol–water partition coefficient (Wildman–Crippen LogP) is 2.74. The van der Waals surface area contributed by atoms with Crippen molar-refractivity contribution in [1.29, 1.82) is 0 Å². The molecule has 1 unspecified atom stereocenters. The first kappa shape index (κ1) is 25.2. The Balaban J connectivity index is 0.00000392. The van der Waals surface area contributed by atoms with Crippen LogP contribution in [0.4, 0.5) is 0 Å². The van der Waals surface area contributed by atoms with Crippen molar-refractivity contribution in [2.75, 3.05) is 53.4 Å². The van der Waals surface area contributed by atoms with Gasteiger partial charge in [0.15, 0.2) is 11.7 Å². The molecule has 0 saturated carbocycles. The van der Waals surface area contributed by atoms with Crippen LogP contribution in [0, 0.1) is 5.92 Å². The van der Waals surface area contributed by atoms with Gasteiger partial charge in [-0.25, -0.2) is 0 Å². The molecule has 0 bridgehead atoms. The van der Waals surface area contributed by atoms with Crippen LogP contribution < -0.4 is 10.6 Å². The fraction of sp³-hybridized carbons (Fsp3) is 0.800. The molecule has 0 aromatic carbocycles. The maximum atomic E-state index is 5.47. The third kappa shape index (κ3) is 8.24. The van der Waals surface area contributed by atoms with Crippen molar-refractivity contribution < 1.29 is 4.52 Å². The van der Waals surface area contributed by atoms with Crippen LogP contribution in [-0.2, 0) is 6.54 Å². The lowest BCUT2D eigenvalue weighted by Gasteiger charge is -2.34. The lowest BCUT2D eigenvalue weighted by atomic mass is 9.99. The smallest absolute Gasteiger partial charge is 0.191 e. The van der Waals surface area contributed by atoms with Crippen LogP contribution in [0.2, 0.25) is 0 Å². The first-order valence-corrected chi connectivity index (χ1v) is 10.4. The molecule has 1 aromatic heterocycles. The topological polar surface area (TPSA) is 68.9 Å². The van der Waals surface area contributed by atoms with Crippen molar-refractivity contribution in [3.05, 3.63) is 17.5 Å². The summed E-state index contributed by atoms with van der Waals surface area (Å²) >= 11 is 0. The minimum Gasteiger partial charge on any atom is -0.359 e. The van der Waals surface area contributed by atoms with Crippen LogP contribution in [0.5, 0.6) is 0 Å². The normalized spacial score (nSPS) is 17.4. The molecule has 1 aromatic rings. The Labute approximate surface area is 187 Å². The molecule has 8 heteroatoms. The number of halogens is 1. The van der Waals surface area contributed by atoms with E-state index in [-0.39, 0.29) is 24.0 Å². The number of likely N-dealkylation sites (N-methyl/N-ethyl adjacent to an activating group) is 1. The van der Waals surface area contributed by atoms with Crippen molar-refractivity contribution in [3.8, 4) is 0 Å². The molecule has 28 heavy (non-hydrogen) atoms. The van der Waals surface area contributed by atoms with E-state index in [0.29, 0.717) is 18.4 Å². The monoisotopic (exact) mass is 506 g/mol. The van der Waals surface area contributed by atoms with Crippen LogP contribution in [0.3, 0.4) is 0 Å². The molecular formula is C20H39IN6O. The number of aromatic nitrogens is 1. The van der Waals surface area contributed by atoms with E-state index in [9.17, 15) is 0 Å². The van der Waals surface area contributed by atoms with Crippen molar-refractivity contribution in [3.63, 3.8) is 0 Å². The SMILES string of the molecule is CCC(CC)c1cc(CNC(=NC)NCC(C)CN2CCN(C)CC2)on1.I. The Morgan fingerprint density at radius 2 is 1.89 bits per heavy atom. The van der Waals surface area contributed by atoms with E-state index in [1.54, 1.807) is 7.05 Å². The summed E-state index contributed by atoms with van der Waals surface area (Å²) in [6.45, 7) is 14.0. The number of guanidine groups is 1. The van der Waals surface area contributed by atoms with Gasteiger partial charge >= 0.3 is 0 Å². The Kier molecular flexibility index (Phi) is 12.0. The maximum Gasteiger partial charge on any atom is 0.191 e. The highest BCUT2D eigenvalue weighted by Gasteiger charge is 2.16. The average molecular weight is 506 g/mol. The summed E-state index contributed by atoms with van der Waals surface area (Å²) < 4.78 is 5.47. The van der Waals surface area contributed by atoms with Gasteiger partial charge in [0.1, 0.15) is 0 Å². The van der Waals surface area contributed by atoms with Gasteiger partial charge in [-0.05, 0) is 25.8 Å². The summed E-state index contributed by atoms with van der Waals surface area (Å²) in [5, 5.41) is 11.0. The lowest BCUT2D eigenvalue weighted by Crippen LogP contribution is -2.47. The third-order valence-corrected chi connectivity index (χ3v) is 5.42. The second-order valence-electron chi connectivity index (χ2n) is 7.75. The van der Waals surface area contributed by atoms with Gasteiger partial charge < -0.3 is 25.0 Å². The molecule has 2 rings (SSSR count). The number of aliphatic imine (C=N–C) groups is 1. The highest BCUT2D eigenvalue weighted by Crippen LogP contribution is 2.22. The summed E-state index contributed by atoms with van der Waals surface area (Å²) in [6.07, 6.45) is 2.18. The van der Waals surface area contributed by atoms with Gasteiger partial charge in [-0.2, -0.15) is 0 Å². The zero-order chi connectivity index (χ0) is 19.6. The number of hydrogen-bond acceptors (Lipinski definition) is 5. The Morgan fingerprint density at radius 1 is 1.21 bits per heavy atom. The molecule has 162 valence electrons. The average Bonchev–Trinajstić information content (AvgIpc) is 3.13. The minimum absolute atomic E-state index is 0. The number of hydrogen-bond donors (Lipinski definition) is 2. The molecule has 1 aliphatic rings. The van der Waals surface area contributed by atoms with Gasteiger partial charge in [-0.15, -0.1) is 24.0 Å². The number of nitrogens with one attached hydrogen (secondary N) is 2. The van der Waals surface area contributed by atoms with E-state index in [1.165, 1.54) is 13.1 Å². The van der Waals surface area contributed by atoms with Crippen molar-refractivity contribution in [1.82, 2.24) is 25.6 Å². The summed E-state index contributed by atoms with van der Waals surface area (Å²) in [6, 6.07) is 2.06. The van der Waals surface area contributed by atoms with Gasteiger partial charge in [0.25, 0.3) is 0 Å². The molecule has 1 aliphatic heterocycles. The quantitative estimate of drug-likeness (QED) is 0.305. The fourth-order valence-corrected chi connectivity index (χ4v) is 3.51. The van der Waals surface area contributed by atoms with Crippen LogP contribution >= 0.6 is 24.0 Å². The molecule has 2 heterocycles. The first-order valence-electron chi connectivity index (χ1n) is 10.4. The van der Waals surface area contributed by atoms with Gasteiger partial charge in [0.05, 0.1) is 12.2 Å². The molecule has 0 radical (unpaired) electrons. The molecular weight excluding hydrogens is 467 g/mol. The van der Waals surface area contributed by atoms with E-state index in [4.69, 9.17) is 4.52 Å². The van der Waals surface area contributed by atoms with E-state index in [0.717, 1.165) is 56.4 Å². The Bertz CT molecular complexity index is 567. The van der Waals surface area contributed by atoms with Crippen molar-refractivity contribution in [2.24, 2.45) is 10.9 Å². The lowest BCUT2D eigenvalue weighted by molar-refractivity contribution is 0.139.